The Morgan fingerprint density at radius 2 is 1.90 bits per heavy atom. The summed E-state index contributed by atoms with van der Waals surface area (Å²) >= 11 is 0. The Morgan fingerprint density at radius 1 is 1.14 bits per heavy atom. The molecule has 0 amide bonds. The van der Waals surface area contributed by atoms with Gasteiger partial charge in [0.15, 0.2) is 17.5 Å². The quantitative estimate of drug-likeness (QED) is 0.840. The smallest absolute Gasteiger partial charge is 0.246 e. The molecule has 2 aliphatic heterocycles. The predicted molar refractivity (Wildman–Crippen MR) is 69.6 cm³/mol. The molecule has 3 rings (SSSR count). The second-order valence-corrected chi connectivity index (χ2v) is 7.34. The molecule has 0 radical (unpaired) electrons. The largest absolute Gasteiger partial charge is 0.314 e. The summed E-state index contributed by atoms with van der Waals surface area (Å²) in [6, 6.07) is 1.70. The van der Waals surface area contributed by atoms with E-state index in [0.717, 1.165) is 23.3 Å². The Labute approximate surface area is 121 Å². The lowest BCUT2D eigenvalue weighted by molar-refractivity contribution is 0.246. The van der Waals surface area contributed by atoms with Crippen molar-refractivity contribution in [2.24, 2.45) is 5.92 Å². The molecule has 2 heterocycles. The maximum Gasteiger partial charge on any atom is 0.246 e. The van der Waals surface area contributed by atoms with E-state index < -0.39 is 32.4 Å². The zero-order valence-electron chi connectivity index (χ0n) is 11.2. The highest BCUT2D eigenvalue weighted by Gasteiger charge is 2.39. The molecule has 0 aliphatic carbocycles. The first-order valence-corrected chi connectivity index (χ1v) is 8.22. The second kappa shape index (κ2) is 5.26. The fraction of sp³-hybridized carbons (Fsp3) is 0.538. The summed E-state index contributed by atoms with van der Waals surface area (Å²) in [5.74, 6) is -4.62. The first-order valence-electron chi connectivity index (χ1n) is 6.78. The molecule has 2 saturated heterocycles. The van der Waals surface area contributed by atoms with E-state index in [2.05, 4.69) is 5.32 Å². The lowest BCUT2D eigenvalue weighted by Gasteiger charge is -2.34. The van der Waals surface area contributed by atoms with Crippen LogP contribution in [0.25, 0.3) is 0 Å². The van der Waals surface area contributed by atoms with Crippen LogP contribution in [0.1, 0.15) is 12.8 Å². The van der Waals surface area contributed by atoms with Crippen LogP contribution in [0.4, 0.5) is 13.2 Å². The normalized spacial score (nSPS) is 26.8. The Hall–Kier alpha value is -1.12. The number of sulfonamides is 1. The average Bonchev–Trinajstić information content (AvgIpc) is 2.92. The van der Waals surface area contributed by atoms with Crippen LogP contribution in [0.15, 0.2) is 17.0 Å². The van der Waals surface area contributed by atoms with Gasteiger partial charge in [-0.1, -0.05) is 0 Å². The number of nitrogens with zero attached hydrogens (tertiary/aromatic N) is 1. The van der Waals surface area contributed by atoms with Crippen molar-refractivity contribution < 1.29 is 21.6 Å². The van der Waals surface area contributed by atoms with E-state index in [1.165, 1.54) is 0 Å². The number of halogens is 3. The lowest BCUT2D eigenvalue weighted by Crippen LogP contribution is -2.46. The van der Waals surface area contributed by atoms with Crippen molar-refractivity contribution in [2.45, 2.75) is 23.8 Å². The van der Waals surface area contributed by atoms with Crippen LogP contribution >= 0.6 is 0 Å². The lowest BCUT2D eigenvalue weighted by atomic mass is 9.95. The highest BCUT2D eigenvalue weighted by Crippen LogP contribution is 2.30. The number of nitrogens with one attached hydrogen (secondary N) is 1. The van der Waals surface area contributed by atoms with Crippen molar-refractivity contribution in [3.05, 3.63) is 29.6 Å². The molecule has 2 atom stereocenters. The Kier molecular flexibility index (Phi) is 3.71. The van der Waals surface area contributed by atoms with Gasteiger partial charge in [0.2, 0.25) is 10.0 Å². The minimum atomic E-state index is -4.15. The fourth-order valence-corrected chi connectivity index (χ4v) is 4.65. The van der Waals surface area contributed by atoms with Crippen molar-refractivity contribution in [1.29, 1.82) is 0 Å². The van der Waals surface area contributed by atoms with Gasteiger partial charge < -0.3 is 5.32 Å². The summed E-state index contributed by atoms with van der Waals surface area (Å²) in [4.78, 5) is -0.800. The number of piperidine rings is 1. The van der Waals surface area contributed by atoms with Gasteiger partial charge in [0.25, 0.3) is 0 Å². The van der Waals surface area contributed by atoms with Gasteiger partial charge in [-0.25, -0.2) is 21.6 Å². The summed E-state index contributed by atoms with van der Waals surface area (Å²) in [6.45, 7) is 1.36. The molecular formula is C13H15F3N2O2S. The average molecular weight is 320 g/mol. The molecule has 8 heteroatoms. The van der Waals surface area contributed by atoms with Gasteiger partial charge >= 0.3 is 0 Å². The minimum Gasteiger partial charge on any atom is -0.314 e. The number of rotatable bonds is 2. The predicted octanol–water partition coefficient (Wildman–Crippen LogP) is 1.48. The number of hydrogen-bond donors (Lipinski definition) is 1. The Balaban J connectivity index is 1.92. The summed E-state index contributed by atoms with van der Waals surface area (Å²) < 4.78 is 66.0. The van der Waals surface area contributed by atoms with Crippen LogP contribution in [0.3, 0.4) is 0 Å². The highest BCUT2D eigenvalue weighted by molar-refractivity contribution is 7.89. The van der Waals surface area contributed by atoms with Crippen LogP contribution in [-0.2, 0) is 10.0 Å². The van der Waals surface area contributed by atoms with E-state index in [1.54, 1.807) is 0 Å². The highest BCUT2D eigenvalue weighted by atomic mass is 32.2. The fourth-order valence-electron chi connectivity index (χ4n) is 3.08. The summed E-state index contributed by atoms with van der Waals surface area (Å²) in [7, 11) is -4.15. The summed E-state index contributed by atoms with van der Waals surface area (Å²) in [6.07, 6.45) is 1.49. The number of fused-ring (bicyclic) bond motifs is 1. The molecule has 116 valence electrons. The van der Waals surface area contributed by atoms with Crippen molar-refractivity contribution >= 4 is 10.0 Å². The van der Waals surface area contributed by atoms with Crippen molar-refractivity contribution in [3.8, 4) is 0 Å². The van der Waals surface area contributed by atoms with Crippen molar-refractivity contribution in [1.82, 2.24) is 9.62 Å². The Bertz CT molecular complexity index is 666. The Morgan fingerprint density at radius 3 is 2.67 bits per heavy atom. The monoisotopic (exact) mass is 320 g/mol. The molecule has 1 N–H and O–H groups in total. The first kappa shape index (κ1) is 14.8. The zero-order chi connectivity index (χ0) is 15.2. The number of hydrogen-bond acceptors (Lipinski definition) is 3. The molecule has 0 saturated carbocycles. The molecule has 2 aliphatic rings. The molecular weight excluding hydrogens is 305 g/mol. The topological polar surface area (TPSA) is 49.4 Å². The van der Waals surface area contributed by atoms with Gasteiger partial charge in [0.05, 0.1) is 0 Å². The van der Waals surface area contributed by atoms with Gasteiger partial charge in [-0.3, -0.25) is 0 Å². The maximum absolute atomic E-state index is 13.7. The third-order valence-corrected chi connectivity index (χ3v) is 6.12. The zero-order valence-corrected chi connectivity index (χ0v) is 12.0. The van der Waals surface area contributed by atoms with E-state index in [-0.39, 0.29) is 25.0 Å². The van der Waals surface area contributed by atoms with E-state index in [0.29, 0.717) is 12.5 Å². The molecule has 2 fully saturated rings. The molecule has 1 aromatic carbocycles. The van der Waals surface area contributed by atoms with Crippen LogP contribution in [0, 0.1) is 23.4 Å². The number of benzene rings is 1. The first-order chi connectivity index (χ1) is 9.91. The summed E-state index contributed by atoms with van der Waals surface area (Å²) in [5.41, 5.74) is 0. The third-order valence-electron chi connectivity index (χ3n) is 4.24. The van der Waals surface area contributed by atoms with Gasteiger partial charge in [0, 0.05) is 19.1 Å². The van der Waals surface area contributed by atoms with E-state index in [1.807, 2.05) is 0 Å². The molecule has 0 spiro atoms. The van der Waals surface area contributed by atoms with Gasteiger partial charge in [-0.2, -0.15) is 4.31 Å². The maximum atomic E-state index is 13.7. The molecule has 2 unspecified atom stereocenters. The molecule has 1 aromatic rings. The summed E-state index contributed by atoms with van der Waals surface area (Å²) in [5, 5.41) is 3.29. The minimum absolute atomic E-state index is 0.182. The third kappa shape index (κ3) is 2.45. The molecule has 0 aromatic heterocycles. The van der Waals surface area contributed by atoms with Gasteiger partial charge in [-0.15, -0.1) is 0 Å². The van der Waals surface area contributed by atoms with Crippen LogP contribution < -0.4 is 5.32 Å². The molecule has 21 heavy (non-hydrogen) atoms. The molecule has 4 nitrogen and oxygen atoms in total. The second-order valence-electron chi connectivity index (χ2n) is 5.43. The van der Waals surface area contributed by atoms with Crippen LogP contribution in [-0.4, -0.2) is 38.4 Å². The molecule has 0 bridgehead atoms. The SMILES string of the molecule is O=S(=O)(c1ccc(F)c(F)c1F)N1CCC2NCCC2C1. The van der Waals surface area contributed by atoms with Gasteiger partial charge in [-0.05, 0) is 37.4 Å². The van der Waals surface area contributed by atoms with Crippen molar-refractivity contribution in [3.63, 3.8) is 0 Å². The van der Waals surface area contributed by atoms with Gasteiger partial charge in [0.1, 0.15) is 4.90 Å². The van der Waals surface area contributed by atoms with E-state index in [4.69, 9.17) is 0 Å². The van der Waals surface area contributed by atoms with Crippen LogP contribution in [0.5, 0.6) is 0 Å². The van der Waals surface area contributed by atoms with Crippen molar-refractivity contribution in [2.75, 3.05) is 19.6 Å². The van der Waals surface area contributed by atoms with Crippen LogP contribution in [0.2, 0.25) is 0 Å². The van der Waals surface area contributed by atoms with E-state index >= 15 is 0 Å². The standard InChI is InChI=1S/C13H15F3N2O2S/c14-9-1-2-11(13(16)12(9)15)21(19,20)18-6-4-10-8(7-18)3-5-17-10/h1-2,8,10,17H,3-7H2. The van der Waals surface area contributed by atoms with E-state index in [9.17, 15) is 21.6 Å².